The van der Waals surface area contributed by atoms with Gasteiger partial charge in [-0.25, -0.2) is 9.37 Å². The number of carbonyl (C=O) groups excluding carboxylic acids is 2. The van der Waals surface area contributed by atoms with Gasteiger partial charge in [-0.15, -0.1) is 11.3 Å². The number of nitrogens with one attached hydrogen (secondary N) is 2. The van der Waals surface area contributed by atoms with Crippen LogP contribution in [0.5, 0.6) is 5.75 Å². The van der Waals surface area contributed by atoms with E-state index in [1.54, 1.807) is 23.6 Å². The molecule has 0 bridgehead atoms. The van der Waals surface area contributed by atoms with Crippen LogP contribution in [0.2, 0.25) is 0 Å². The van der Waals surface area contributed by atoms with Crippen LogP contribution in [0.1, 0.15) is 29.0 Å². The van der Waals surface area contributed by atoms with Crippen molar-refractivity contribution in [3.05, 3.63) is 77.0 Å². The largest absolute Gasteiger partial charge is 0.486 e. The van der Waals surface area contributed by atoms with E-state index in [0.717, 1.165) is 0 Å². The molecule has 164 valence electrons. The number of aromatic nitrogens is 1. The summed E-state index contributed by atoms with van der Waals surface area (Å²) in [5, 5.41) is 7.47. The average molecular weight is 455 g/mol. The van der Waals surface area contributed by atoms with Gasteiger partial charge in [-0.1, -0.05) is 0 Å². The van der Waals surface area contributed by atoms with Crippen molar-refractivity contribution >= 4 is 28.3 Å². The number of halogens is 1. The summed E-state index contributed by atoms with van der Waals surface area (Å²) < 4.78 is 29.6. The number of ether oxygens (including phenoxy) is 1. The van der Waals surface area contributed by atoms with Crippen molar-refractivity contribution in [1.29, 1.82) is 0 Å². The first-order chi connectivity index (χ1) is 15.5. The molecule has 2 amide bonds. The van der Waals surface area contributed by atoms with E-state index >= 15 is 0 Å². The normalized spacial score (nSPS) is 10.7. The summed E-state index contributed by atoms with van der Waals surface area (Å²) in [6.45, 7) is 1.81. The molecule has 4 aromatic rings. The van der Waals surface area contributed by atoms with Crippen LogP contribution in [0.15, 0.2) is 62.7 Å². The summed E-state index contributed by atoms with van der Waals surface area (Å²) in [5.74, 6) is 1.21. The lowest BCUT2D eigenvalue weighted by Crippen LogP contribution is -2.18. The molecule has 0 unspecified atom stereocenters. The zero-order valence-corrected chi connectivity index (χ0v) is 17.7. The van der Waals surface area contributed by atoms with Crippen LogP contribution in [0.25, 0.3) is 11.5 Å². The number of thiazole rings is 1. The van der Waals surface area contributed by atoms with E-state index in [-0.39, 0.29) is 30.6 Å². The molecule has 0 aliphatic heterocycles. The van der Waals surface area contributed by atoms with Crippen LogP contribution in [0.4, 0.5) is 9.52 Å². The zero-order valence-electron chi connectivity index (χ0n) is 16.9. The Labute approximate surface area is 186 Å². The minimum atomic E-state index is -0.454. The predicted octanol–water partition coefficient (Wildman–Crippen LogP) is 4.60. The summed E-state index contributed by atoms with van der Waals surface area (Å²) in [7, 11) is 0. The van der Waals surface area contributed by atoms with Gasteiger partial charge in [0.2, 0.25) is 5.91 Å². The molecular formula is C22H18FN3O5S. The number of benzene rings is 1. The number of rotatable bonds is 8. The molecule has 1 aromatic carbocycles. The minimum absolute atomic E-state index is 0.0969. The van der Waals surface area contributed by atoms with Gasteiger partial charge in [0.25, 0.3) is 5.91 Å². The maximum atomic E-state index is 12.9. The third-order valence-electron chi connectivity index (χ3n) is 4.23. The number of anilines is 1. The Balaban J connectivity index is 1.33. The third-order valence-corrected chi connectivity index (χ3v) is 4.99. The Hall–Kier alpha value is -3.92. The Bertz CT molecular complexity index is 1230. The van der Waals surface area contributed by atoms with Gasteiger partial charge >= 0.3 is 0 Å². The standard InChI is InChI=1S/C22H18FN3O5S/c1-13(27)24-10-16-6-8-19(30-16)18-12-32-22(25-18)26-21(28)20-9-7-17(31-20)11-29-15-4-2-14(23)3-5-15/h2-9,12H,10-11H2,1H3,(H,24,27)(H,25,26,28). The highest BCUT2D eigenvalue weighted by Crippen LogP contribution is 2.27. The molecule has 0 spiro atoms. The third kappa shape index (κ3) is 5.41. The van der Waals surface area contributed by atoms with Crippen LogP contribution in [0.3, 0.4) is 0 Å². The van der Waals surface area contributed by atoms with Crippen molar-refractivity contribution < 1.29 is 27.6 Å². The second-order valence-corrected chi connectivity index (χ2v) is 7.53. The Morgan fingerprint density at radius 3 is 2.62 bits per heavy atom. The number of nitrogens with zero attached hydrogens (tertiary/aromatic N) is 1. The smallest absolute Gasteiger partial charge is 0.293 e. The molecule has 10 heteroatoms. The van der Waals surface area contributed by atoms with E-state index in [1.165, 1.54) is 48.6 Å². The van der Waals surface area contributed by atoms with Crippen molar-refractivity contribution in [2.45, 2.75) is 20.1 Å². The molecule has 3 aromatic heterocycles. The molecule has 0 atom stereocenters. The van der Waals surface area contributed by atoms with E-state index in [0.29, 0.717) is 33.9 Å². The number of carbonyl (C=O) groups is 2. The molecule has 2 N–H and O–H groups in total. The Morgan fingerprint density at radius 2 is 1.84 bits per heavy atom. The van der Waals surface area contributed by atoms with E-state index < -0.39 is 5.91 Å². The Morgan fingerprint density at radius 1 is 1.06 bits per heavy atom. The summed E-state index contributed by atoms with van der Waals surface area (Å²) in [5.41, 5.74) is 0.562. The predicted molar refractivity (Wildman–Crippen MR) is 115 cm³/mol. The van der Waals surface area contributed by atoms with E-state index in [2.05, 4.69) is 15.6 Å². The van der Waals surface area contributed by atoms with Gasteiger partial charge in [0.1, 0.15) is 35.4 Å². The molecule has 0 saturated heterocycles. The van der Waals surface area contributed by atoms with E-state index in [9.17, 15) is 14.0 Å². The lowest BCUT2D eigenvalue weighted by Gasteiger charge is -2.03. The van der Waals surface area contributed by atoms with Crippen molar-refractivity contribution in [3.63, 3.8) is 0 Å². The van der Waals surface area contributed by atoms with E-state index in [1.807, 2.05) is 0 Å². The summed E-state index contributed by atoms with van der Waals surface area (Å²) >= 11 is 1.24. The highest BCUT2D eigenvalue weighted by atomic mass is 32.1. The first kappa shape index (κ1) is 21.3. The second-order valence-electron chi connectivity index (χ2n) is 6.68. The molecule has 8 nitrogen and oxygen atoms in total. The van der Waals surface area contributed by atoms with Gasteiger partial charge in [-0.2, -0.15) is 0 Å². The van der Waals surface area contributed by atoms with Gasteiger partial charge in [0.05, 0.1) is 6.54 Å². The van der Waals surface area contributed by atoms with Crippen LogP contribution < -0.4 is 15.4 Å². The monoisotopic (exact) mass is 455 g/mol. The van der Waals surface area contributed by atoms with Gasteiger partial charge in [-0.05, 0) is 48.5 Å². The van der Waals surface area contributed by atoms with E-state index in [4.69, 9.17) is 13.6 Å². The van der Waals surface area contributed by atoms with Crippen molar-refractivity contribution in [3.8, 4) is 17.2 Å². The first-order valence-electron chi connectivity index (χ1n) is 9.54. The van der Waals surface area contributed by atoms with Crippen LogP contribution >= 0.6 is 11.3 Å². The second kappa shape index (κ2) is 9.48. The SMILES string of the molecule is CC(=O)NCc1ccc(-c2csc(NC(=O)c3ccc(COc4ccc(F)cc4)o3)n2)o1. The fraction of sp³-hybridized carbons (Fsp3) is 0.136. The fourth-order valence-electron chi connectivity index (χ4n) is 2.69. The highest BCUT2D eigenvalue weighted by molar-refractivity contribution is 7.14. The molecule has 0 aliphatic rings. The molecule has 4 rings (SSSR count). The van der Waals surface area contributed by atoms with Gasteiger partial charge < -0.3 is 18.9 Å². The number of hydrogen-bond donors (Lipinski definition) is 2. The maximum absolute atomic E-state index is 12.9. The molecule has 0 aliphatic carbocycles. The summed E-state index contributed by atoms with van der Waals surface area (Å²) in [6, 6.07) is 12.3. The van der Waals surface area contributed by atoms with Gasteiger partial charge in [0, 0.05) is 12.3 Å². The topological polar surface area (TPSA) is 107 Å². The van der Waals surface area contributed by atoms with Crippen molar-refractivity contribution in [1.82, 2.24) is 10.3 Å². The minimum Gasteiger partial charge on any atom is -0.486 e. The maximum Gasteiger partial charge on any atom is 0.293 e. The lowest BCUT2D eigenvalue weighted by molar-refractivity contribution is -0.119. The number of hydrogen-bond acceptors (Lipinski definition) is 7. The van der Waals surface area contributed by atoms with Crippen LogP contribution in [-0.4, -0.2) is 16.8 Å². The van der Waals surface area contributed by atoms with Gasteiger partial charge in [0.15, 0.2) is 16.7 Å². The first-order valence-corrected chi connectivity index (χ1v) is 10.4. The number of amides is 2. The Kier molecular flexibility index (Phi) is 6.31. The summed E-state index contributed by atoms with van der Waals surface area (Å²) in [6.07, 6.45) is 0. The quantitative estimate of drug-likeness (QED) is 0.402. The molecule has 0 saturated carbocycles. The number of furan rings is 2. The van der Waals surface area contributed by atoms with Crippen LogP contribution in [0, 0.1) is 5.82 Å². The summed E-state index contributed by atoms with van der Waals surface area (Å²) in [4.78, 5) is 27.8. The lowest BCUT2D eigenvalue weighted by atomic mass is 10.3. The molecule has 32 heavy (non-hydrogen) atoms. The fourth-order valence-corrected chi connectivity index (χ4v) is 3.38. The highest BCUT2D eigenvalue weighted by Gasteiger charge is 2.15. The molecule has 0 fully saturated rings. The van der Waals surface area contributed by atoms with Crippen molar-refractivity contribution in [2.75, 3.05) is 5.32 Å². The molecular weight excluding hydrogens is 437 g/mol. The van der Waals surface area contributed by atoms with Crippen molar-refractivity contribution in [2.24, 2.45) is 0 Å². The average Bonchev–Trinajstić information content (AvgIpc) is 3.52. The van der Waals surface area contributed by atoms with Gasteiger partial charge in [-0.3, -0.25) is 14.9 Å². The molecule has 0 radical (unpaired) electrons. The zero-order chi connectivity index (χ0) is 22.5. The molecule has 3 heterocycles. The van der Waals surface area contributed by atoms with Crippen LogP contribution in [-0.2, 0) is 17.9 Å².